The van der Waals surface area contributed by atoms with E-state index in [0.29, 0.717) is 35.3 Å². The molecule has 4 amide bonds. The quantitative estimate of drug-likeness (QED) is 0.757. The maximum atomic E-state index is 12.1. The van der Waals surface area contributed by atoms with Gasteiger partial charge in [-0.15, -0.1) is 11.3 Å². The summed E-state index contributed by atoms with van der Waals surface area (Å²) in [6.45, 7) is 2.62. The highest BCUT2D eigenvalue weighted by Crippen LogP contribution is 2.22. The van der Waals surface area contributed by atoms with Crippen molar-refractivity contribution >= 4 is 45.7 Å². The van der Waals surface area contributed by atoms with Crippen LogP contribution in [0, 0.1) is 0 Å². The van der Waals surface area contributed by atoms with Crippen molar-refractivity contribution in [2.75, 3.05) is 28.6 Å². The minimum Gasteiger partial charge on any atom is -0.336 e. The Kier molecular flexibility index (Phi) is 4.94. The number of urea groups is 1. The van der Waals surface area contributed by atoms with Crippen LogP contribution in [0.5, 0.6) is 0 Å². The number of rotatable bonds is 5. The molecule has 3 N–H and O–H groups in total. The summed E-state index contributed by atoms with van der Waals surface area (Å²) < 4.78 is 0. The lowest BCUT2D eigenvalue weighted by atomic mass is 10.2. The van der Waals surface area contributed by atoms with Gasteiger partial charge in [0.05, 0.1) is 12.1 Å². The number of thiazole rings is 1. The first-order chi connectivity index (χ1) is 12.0. The molecule has 1 aromatic heterocycles. The first-order valence-electron chi connectivity index (χ1n) is 7.68. The molecule has 0 radical (unpaired) electrons. The first kappa shape index (κ1) is 16.9. The molecule has 1 aliphatic rings. The molecule has 1 saturated heterocycles. The van der Waals surface area contributed by atoms with Crippen molar-refractivity contribution in [3.8, 4) is 0 Å². The van der Waals surface area contributed by atoms with E-state index in [4.69, 9.17) is 0 Å². The molecule has 0 saturated carbocycles. The van der Waals surface area contributed by atoms with E-state index in [0.717, 1.165) is 0 Å². The SMILES string of the molecule is CC(=O)Nc1ccc(NC(=O)Cc2csc(N3CCNC3=O)n2)cc1. The van der Waals surface area contributed by atoms with Gasteiger partial charge in [-0.25, -0.2) is 9.78 Å². The molecule has 25 heavy (non-hydrogen) atoms. The van der Waals surface area contributed by atoms with Gasteiger partial charge in [0.2, 0.25) is 11.8 Å². The number of hydrogen-bond acceptors (Lipinski definition) is 5. The van der Waals surface area contributed by atoms with Gasteiger partial charge in [-0.2, -0.15) is 0 Å². The van der Waals surface area contributed by atoms with Gasteiger partial charge in [0, 0.05) is 36.8 Å². The Morgan fingerprint density at radius 1 is 1.24 bits per heavy atom. The van der Waals surface area contributed by atoms with Gasteiger partial charge < -0.3 is 16.0 Å². The lowest BCUT2D eigenvalue weighted by Gasteiger charge is -2.08. The van der Waals surface area contributed by atoms with Crippen molar-refractivity contribution in [1.29, 1.82) is 0 Å². The van der Waals surface area contributed by atoms with E-state index in [2.05, 4.69) is 20.9 Å². The first-order valence-corrected chi connectivity index (χ1v) is 8.56. The summed E-state index contributed by atoms with van der Waals surface area (Å²) in [5, 5.41) is 10.5. The number of carbonyl (C=O) groups is 3. The van der Waals surface area contributed by atoms with Crippen LogP contribution in [0.2, 0.25) is 0 Å². The van der Waals surface area contributed by atoms with Crippen LogP contribution in [0.4, 0.5) is 21.3 Å². The summed E-state index contributed by atoms with van der Waals surface area (Å²) >= 11 is 1.34. The average molecular weight is 359 g/mol. The molecule has 2 heterocycles. The van der Waals surface area contributed by atoms with Crippen molar-refractivity contribution in [3.63, 3.8) is 0 Å². The van der Waals surface area contributed by atoms with Gasteiger partial charge in [0.1, 0.15) is 0 Å². The topological polar surface area (TPSA) is 103 Å². The van der Waals surface area contributed by atoms with Crippen LogP contribution in [-0.4, -0.2) is 35.9 Å². The van der Waals surface area contributed by atoms with Crippen LogP contribution in [-0.2, 0) is 16.0 Å². The highest BCUT2D eigenvalue weighted by atomic mass is 32.1. The zero-order valence-corrected chi connectivity index (χ0v) is 14.4. The molecule has 1 aromatic carbocycles. The molecule has 0 bridgehead atoms. The highest BCUT2D eigenvalue weighted by molar-refractivity contribution is 7.14. The molecule has 0 aliphatic carbocycles. The molecule has 1 fully saturated rings. The predicted molar refractivity (Wildman–Crippen MR) is 95.9 cm³/mol. The summed E-state index contributed by atoms with van der Waals surface area (Å²) in [5.74, 6) is -0.349. The Morgan fingerprint density at radius 2 is 1.92 bits per heavy atom. The molecule has 2 aromatic rings. The Hall–Kier alpha value is -2.94. The second kappa shape index (κ2) is 7.31. The molecule has 0 unspecified atom stereocenters. The molecule has 0 spiro atoms. The van der Waals surface area contributed by atoms with Crippen LogP contribution in [0.25, 0.3) is 0 Å². The van der Waals surface area contributed by atoms with Crippen molar-refractivity contribution in [1.82, 2.24) is 10.3 Å². The van der Waals surface area contributed by atoms with Crippen LogP contribution in [0.15, 0.2) is 29.6 Å². The summed E-state index contributed by atoms with van der Waals surface area (Å²) in [6, 6.07) is 6.69. The minimum atomic E-state index is -0.199. The molecular formula is C16H17N5O3S. The van der Waals surface area contributed by atoms with Crippen LogP contribution < -0.4 is 20.9 Å². The van der Waals surface area contributed by atoms with Gasteiger partial charge in [0.25, 0.3) is 0 Å². The summed E-state index contributed by atoms with van der Waals surface area (Å²) in [4.78, 5) is 40.6. The third kappa shape index (κ3) is 4.32. The van der Waals surface area contributed by atoms with Crippen molar-refractivity contribution in [3.05, 3.63) is 35.3 Å². The van der Waals surface area contributed by atoms with Crippen molar-refractivity contribution in [2.45, 2.75) is 13.3 Å². The Balaban J connectivity index is 1.56. The van der Waals surface area contributed by atoms with E-state index < -0.39 is 0 Å². The number of anilines is 3. The maximum Gasteiger partial charge on any atom is 0.323 e. The number of nitrogens with one attached hydrogen (secondary N) is 3. The highest BCUT2D eigenvalue weighted by Gasteiger charge is 2.24. The predicted octanol–water partition coefficient (Wildman–Crippen LogP) is 1.81. The summed E-state index contributed by atoms with van der Waals surface area (Å²) in [6.07, 6.45) is 0.124. The Morgan fingerprint density at radius 3 is 2.52 bits per heavy atom. The smallest absolute Gasteiger partial charge is 0.323 e. The Labute approximate surface area is 148 Å². The van der Waals surface area contributed by atoms with Gasteiger partial charge in [-0.05, 0) is 24.3 Å². The lowest BCUT2D eigenvalue weighted by molar-refractivity contribution is -0.116. The molecule has 3 rings (SSSR count). The van der Waals surface area contributed by atoms with Gasteiger partial charge >= 0.3 is 6.03 Å². The van der Waals surface area contributed by atoms with E-state index in [1.165, 1.54) is 18.3 Å². The van der Waals surface area contributed by atoms with E-state index in [9.17, 15) is 14.4 Å². The standard InChI is InChI=1S/C16H17N5O3S/c1-10(22)18-11-2-4-12(5-3-11)19-14(23)8-13-9-25-16(20-13)21-7-6-17-15(21)24/h2-5,9H,6-8H2,1H3,(H,17,24)(H,18,22)(H,19,23). The fraction of sp³-hybridized carbons (Fsp3) is 0.250. The third-order valence-corrected chi connectivity index (χ3v) is 4.37. The normalized spacial score (nSPS) is 13.5. The number of hydrogen-bond donors (Lipinski definition) is 3. The molecule has 0 atom stereocenters. The number of benzene rings is 1. The Bertz CT molecular complexity index is 802. The maximum absolute atomic E-state index is 12.1. The fourth-order valence-corrected chi connectivity index (χ4v) is 3.21. The molecule has 130 valence electrons. The molecular weight excluding hydrogens is 342 g/mol. The van der Waals surface area contributed by atoms with E-state index in [1.54, 1.807) is 34.5 Å². The van der Waals surface area contributed by atoms with E-state index in [1.807, 2.05) is 0 Å². The molecule has 8 nitrogen and oxygen atoms in total. The number of aromatic nitrogens is 1. The van der Waals surface area contributed by atoms with Crippen LogP contribution in [0.3, 0.4) is 0 Å². The largest absolute Gasteiger partial charge is 0.336 e. The summed E-state index contributed by atoms with van der Waals surface area (Å²) in [5.41, 5.74) is 1.92. The van der Waals surface area contributed by atoms with E-state index >= 15 is 0 Å². The monoisotopic (exact) mass is 359 g/mol. The minimum absolute atomic E-state index is 0.124. The summed E-state index contributed by atoms with van der Waals surface area (Å²) in [7, 11) is 0. The van der Waals surface area contributed by atoms with Crippen molar-refractivity contribution in [2.24, 2.45) is 0 Å². The zero-order valence-electron chi connectivity index (χ0n) is 13.5. The van der Waals surface area contributed by atoms with Gasteiger partial charge in [-0.1, -0.05) is 0 Å². The number of amides is 4. The number of carbonyl (C=O) groups excluding carboxylic acids is 3. The fourth-order valence-electron chi connectivity index (χ4n) is 2.37. The van der Waals surface area contributed by atoms with Gasteiger partial charge in [-0.3, -0.25) is 14.5 Å². The second-order valence-corrected chi connectivity index (χ2v) is 6.33. The van der Waals surface area contributed by atoms with Gasteiger partial charge in [0.15, 0.2) is 5.13 Å². The molecule has 9 heteroatoms. The average Bonchev–Trinajstić information content (AvgIpc) is 3.17. The molecule has 1 aliphatic heterocycles. The third-order valence-electron chi connectivity index (χ3n) is 3.46. The lowest BCUT2D eigenvalue weighted by Crippen LogP contribution is -2.27. The van der Waals surface area contributed by atoms with Crippen LogP contribution in [0.1, 0.15) is 12.6 Å². The second-order valence-electron chi connectivity index (χ2n) is 5.49. The number of nitrogens with zero attached hydrogens (tertiary/aromatic N) is 2. The zero-order chi connectivity index (χ0) is 17.8. The van der Waals surface area contributed by atoms with E-state index in [-0.39, 0.29) is 24.3 Å². The van der Waals surface area contributed by atoms with Crippen LogP contribution >= 0.6 is 11.3 Å². The van der Waals surface area contributed by atoms with Crippen molar-refractivity contribution < 1.29 is 14.4 Å².